The molecular weight excluding hydrogens is 630 g/mol. The SMILES string of the molecule is CCOc1ccc(N(CC(=O)N(Cc2ccccc2C)C(C)C(=O)NC2CCCCC2)S(=O)(=O)c2ccc(Br)cc2)cc1. The van der Waals surface area contributed by atoms with E-state index in [2.05, 4.69) is 21.2 Å². The molecule has 230 valence electrons. The number of hydrogen-bond acceptors (Lipinski definition) is 5. The zero-order valence-corrected chi connectivity index (χ0v) is 27.4. The van der Waals surface area contributed by atoms with Crippen LogP contribution in [0.25, 0.3) is 0 Å². The normalized spacial score (nSPS) is 14.5. The van der Waals surface area contributed by atoms with Crippen molar-refractivity contribution >= 4 is 43.5 Å². The molecule has 0 heterocycles. The number of ether oxygens (including phenoxy) is 1. The first-order valence-electron chi connectivity index (χ1n) is 14.8. The van der Waals surface area contributed by atoms with Crippen LogP contribution < -0.4 is 14.4 Å². The van der Waals surface area contributed by atoms with Crippen molar-refractivity contribution in [3.05, 3.63) is 88.4 Å². The average Bonchev–Trinajstić information content (AvgIpc) is 3.00. The van der Waals surface area contributed by atoms with Gasteiger partial charge in [-0.2, -0.15) is 0 Å². The van der Waals surface area contributed by atoms with E-state index in [9.17, 15) is 18.0 Å². The molecule has 1 aliphatic carbocycles. The molecule has 1 aliphatic rings. The third-order valence-corrected chi connectivity index (χ3v) is 10.2. The summed E-state index contributed by atoms with van der Waals surface area (Å²) < 4.78 is 35.4. The van der Waals surface area contributed by atoms with Crippen LogP contribution in [0, 0.1) is 6.92 Å². The molecule has 43 heavy (non-hydrogen) atoms. The van der Waals surface area contributed by atoms with Gasteiger partial charge in [-0.3, -0.25) is 13.9 Å². The highest BCUT2D eigenvalue weighted by atomic mass is 79.9. The van der Waals surface area contributed by atoms with Crippen LogP contribution in [-0.4, -0.2) is 50.4 Å². The summed E-state index contributed by atoms with van der Waals surface area (Å²) >= 11 is 3.36. The lowest BCUT2D eigenvalue weighted by molar-refractivity contribution is -0.139. The molecule has 0 spiro atoms. The van der Waals surface area contributed by atoms with Gasteiger partial charge in [0.2, 0.25) is 11.8 Å². The summed E-state index contributed by atoms with van der Waals surface area (Å²) in [6.45, 7) is 5.67. The quantitative estimate of drug-likeness (QED) is 0.247. The van der Waals surface area contributed by atoms with Gasteiger partial charge in [0.05, 0.1) is 17.2 Å². The van der Waals surface area contributed by atoms with E-state index in [-0.39, 0.29) is 23.4 Å². The minimum Gasteiger partial charge on any atom is -0.494 e. The predicted octanol–water partition coefficient (Wildman–Crippen LogP) is 6.22. The van der Waals surface area contributed by atoms with Gasteiger partial charge in [0.1, 0.15) is 18.3 Å². The minimum atomic E-state index is -4.15. The fraction of sp³-hybridized carbons (Fsp3) is 0.394. The van der Waals surface area contributed by atoms with Crippen LogP contribution in [0.4, 0.5) is 5.69 Å². The van der Waals surface area contributed by atoms with Crippen LogP contribution in [0.2, 0.25) is 0 Å². The molecule has 1 unspecified atom stereocenters. The van der Waals surface area contributed by atoms with Gasteiger partial charge in [-0.1, -0.05) is 59.5 Å². The summed E-state index contributed by atoms with van der Waals surface area (Å²) in [6.07, 6.45) is 5.13. The molecule has 10 heteroatoms. The van der Waals surface area contributed by atoms with E-state index in [1.165, 1.54) is 17.0 Å². The number of aryl methyl sites for hydroxylation is 1. The molecule has 0 bridgehead atoms. The molecule has 4 rings (SSSR count). The summed E-state index contributed by atoms with van der Waals surface area (Å²) in [4.78, 5) is 29.2. The highest BCUT2D eigenvalue weighted by molar-refractivity contribution is 9.10. The number of benzene rings is 3. The van der Waals surface area contributed by atoms with Crippen molar-refractivity contribution in [2.24, 2.45) is 0 Å². The number of sulfonamides is 1. The molecular formula is C33H40BrN3O5S. The first kappa shape index (κ1) is 32.5. The molecule has 0 radical (unpaired) electrons. The number of amides is 2. The largest absolute Gasteiger partial charge is 0.494 e. The van der Waals surface area contributed by atoms with Crippen LogP contribution >= 0.6 is 15.9 Å². The van der Waals surface area contributed by atoms with E-state index in [0.29, 0.717) is 18.0 Å². The Hall–Kier alpha value is -3.37. The van der Waals surface area contributed by atoms with Crippen molar-refractivity contribution in [2.75, 3.05) is 17.5 Å². The maximum absolute atomic E-state index is 14.2. The molecule has 1 atom stereocenters. The Labute approximate surface area is 263 Å². The van der Waals surface area contributed by atoms with Crippen molar-refractivity contribution in [3.8, 4) is 5.75 Å². The van der Waals surface area contributed by atoms with Gasteiger partial charge in [-0.05, 0) is 93.3 Å². The third-order valence-electron chi connectivity index (χ3n) is 7.84. The van der Waals surface area contributed by atoms with Crippen molar-refractivity contribution in [1.29, 1.82) is 0 Å². The number of carbonyl (C=O) groups excluding carboxylic acids is 2. The van der Waals surface area contributed by atoms with E-state index in [1.54, 1.807) is 43.3 Å². The molecule has 3 aromatic carbocycles. The fourth-order valence-electron chi connectivity index (χ4n) is 5.26. The number of nitrogens with zero attached hydrogens (tertiary/aromatic N) is 2. The Morgan fingerprint density at radius 1 is 0.977 bits per heavy atom. The highest BCUT2D eigenvalue weighted by Gasteiger charge is 2.33. The predicted molar refractivity (Wildman–Crippen MR) is 172 cm³/mol. The van der Waals surface area contributed by atoms with Gasteiger partial charge in [0.15, 0.2) is 0 Å². The number of halogens is 1. The molecule has 1 fully saturated rings. The van der Waals surface area contributed by atoms with Crippen LogP contribution in [0.3, 0.4) is 0 Å². The first-order chi connectivity index (χ1) is 20.6. The van der Waals surface area contributed by atoms with Crippen LogP contribution in [-0.2, 0) is 26.2 Å². The van der Waals surface area contributed by atoms with E-state index < -0.39 is 28.5 Å². The number of hydrogen-bond donors (Lipinski definition) is 1. The Morgan fingerprint density at radius 2 is 1.63 bits per heavy atom. The smallest absolute Gasteiger partial charge is 0.264 e. The zero-order valence-electron chi connectivity index (χ0n) is 25.0. The monoisotopic (exact) mass is 669 g/mol. The lowest BCUT2D eigenvalue weighted by atomic mass is 9.95. The van der Waals surface area contributed by atoms with Crippen LogP contribution in [0.15, 0.2) is 82.2 Å². The van der Waals surface area contributed by atoms with Crippen molar-refractivity contribution in [2.45, 2.75) is 76.4 Å². The molecule has 0 saturated heterocycles. The summed E-state index contributed by atoms with van der Waals surface area (Å²) in [5, 5.41) is 3.14. The van der Waals surface area contributed by atoms with Gasteiger partial charge in [-0.25, -0.2) is 8.42 Å². The molecule has 0 aromatic heterocycles. The minimum absolute atomic E-state index is 0.0472. The number of carbonyl (C=O) groups is 2. The van der Waals surface area contributed by atoms with E-state index in [4.69, 9.17) is 4.74 Å². The average molecular weight is 671 g/mol. The van der Waals surface area contributed by atoms with Crippen molar-refractivity contribution in [1.82, 2.24) is 10.2 Å². The topological polar surface area (TPSA) is 96.0 Å². The summed E-state index contributed by atoms with van der Waals surface area (Å²) in [5.74, 6) is -0.130. The lowest BCUT2D eigenvalue weighted by Crippen LogP contribution is -2.53. The second-order valence-corrected chi connectivity index (χ2v) is 13.6. The molecule has 0 aliphatic heterocycles. The van der Waals surface area contributed by atoms with E-state index in [0.717, 1.165) is 52.0 Å². The highest BCUT2D eigenvalue weighted by Crippen LogP contribution is 2.28. The Morgan fingerprint density at radius 3 is 2.26 bits per heavy atom. The van der Waals surface area contributed by atoms with Crippen LogP contribution in [0.5, 0.6) is 5.75 Å². The second-order valence-electron chi connectivity index (χ2n) is 10.9. The molecule has 1 saturated carbocycles. The lowest BCUT2D eigenvalue weighted by Gasteiger charge is -2.33. The molecule has 1 N–H and O–H groups in total. The summed E-state index contributed by atoms with van der Waals surface area (Å²) in [6, 6.07) is 19.8. The Bertz CT molecular complexity index is 1490. The number of anilines is 1. The van der Waals surface area contributed by atoms with E-state index >= 15 is 0 Å². The Kier molecular flexibility index (Phi) is 11.3. The third kappa shape index (κ3) is 8.38. The maximum atomic E-state index is 14.2. The van der Waals surface area contributed by atoms with Gasteiger partial charge < -0.3 is 15.0 Å². The van der Waals surface area contributed by atoms with Crippen molar-refractivity contribution in [3.63, 3.8) is 0 Å². The zero-order chi connectivity index (χ0) is 31.0. The standard InChI is InChI=1S/C33H40BrN3O5S/c1-4-42-30-18-16-29(17-19-30)37(43(40,41)31-20-14-27(34)15-21-31)23-32(38)36(22-26-11-9-8-10-24(26)2)25(3)33(39)35-28-12-6-5-7-13-28/h8-11,14-21,25,28H,4-7,12-13,22-23H2,1-3H3,(H,35,39). The first-order valence-corrected chi connectivity index (χ1v) is 17.0. The van der Waals surface area contributed by atoms with Gasteiger partial charge >= 0.3 is 0 Å². The molecule has 8 nitrogen and oxygen atoms in total. The van der Waals surface area contributed by atoms with Crippen LogP contribution in [0.1, 0.15) is 57.1 Å². The van der Waals surface area contributed by atoms with Crippen molar-refractivity contribution < 1.29 is 22.7 Å². The molecule has 3 aromatic rings. The van der Waals surface area contributed by atoms with Gasteiger partial charge in [-0.15, -0.1) is 0 Å². The summed E-state index contributed by atoms with van der Waals surface area (Å²) in [5.41, 5.74) is 2.18. The van der Waals surface area contributed by atoms with E-state index in [1.807, 2.05) is 38.1 Å². The summed E-state index contributed by atoms with van der Waals surface area (Å²) in [7, 11) is -4.15. The van der Waals surface area contributed by atoms with Gasteiger partial charge in [0.25, 0.3) is 10.0 Å². The Balaban J connectivity index is 1.68. The maximum Gasteiger partial charge on any atom is 0.264 e. The fourth-order valence-corrected chi connectivity index (χ4v) is 6.94. The molecule has 2 amide bonds. The second kappa shape index (κ2) is 14.9. The number of nitrogens with one attached hydrogen (secondary N) is 1. The number of rotatable bonds is 12. The van der Waals surface area contributed by atoms with Gasteiger partial charge in [0, 0.05) is 17.1 Å².